The minimum absolute atomic E-state index is 0.272. The van der Waals surface area contributed by atoms with Crippen LogP contribution in [-0.4, -0.2) is 35.0 Å². The minimum Gasteiger partial charge on any atom is -0.372 e. The number of hydrogen-bond donors (Lipinski definition) is 1. The first kappa shape index (κ1) is 21.9. The molecule has 1 N–H and O–H groups in total. The number of rotatable bonds is 8. The molecular weight excluding hydrogens is 421 g/mol. The Bertz CT molecular complexity index is 1030. The van der Waals surface area contributed by atoms with E-state index in [1.807, 2.05) is 30.3 Å². The molecule has 30 heavy (non-hydrogen) atoms. The summed E-state index contributed by atoms with van der Waals surface area (Å²) in [5.41, 5.74) is 5.70. The summed E-state index contributed by atoms with van der Waals surface area (Å²) in [7, 11) is 0. The van der Waals surface area contributed by atoms with Crippen LogP contribution in [0, 0.1) is 0 Å². The zero-order chi connectivity index (χ0) is 21.5. The molecule has 0 unspecified atom stereocenters. The van der Waals surface area contributed by atoms with Gasteiger partial charge in [-0.3, -0.25) is 9.48 Å². The van der Waals surface area contributed by atoms with Crippen LogP contribution in [0.15, 0.2) is 59.8 Å². The van der Waals surface area contributed by atoms with Crippen molar-refractivity contribution in [3.63, 3.8) is 0 Å². The van der Waals surface area contributed by atoms with Gasteiger partial charge in [-0.15, -0.1) is 0 Å². The van der Waals surface area contributed by atoms with E-state index in [4.69, 9.17) is 23.2 Å². The first-order chi connectivity index (χ1) is 14.5. The summed E-state index contributed by atoms with van der Waals surface area (Å²) in [4.78, 5) is 14.5. The van der Waals surface area contributed by atoms with Gasteiger partial charge in [-0.2, -0.15) is 10.2 Å². The van der Waals surface area contributed by atoms with E-state index < -0.39 is 0 Å². The summed E-state index contributed by atoms with van der Waals surface area (Å²) in [6, 6.07) is 14.9. The van der Waals surface area contributed by atoms with Crippen LogP contribution in [0.4, 0.5) is 5.69 Å². The second-order valence-electron chi connectivity index (χ2n) is 6.60. The summed E-state index contributed by atoms with van der Waals surface area (Å²) in [5.74, 6) is -0.382. The number of anilines is 1. The van der Waals surface area contributed by atoms with Gasteiger partial charge >= 0.3 is 0 Å². The Labute approximate surface area is 186 Å². The molecule has 0 aliphatic heterocycles. The van der Waals surface area contributed by atoms with E-state index in [0.29, 0.717) is 16.6 Å². The molecule has 156 valence electrons. The van der Waals surface area contributed by atoms with Gasteiger partial charge in [0, 0.05) is 35.0 Å². The lowest BCUT2D eigenvalue weighted by Gasteiger charge is -2.20. The van der Waals surface area contributed by atoms with Gasteiger partial charge in [0.05, 0.1) is 12.8 Å². The van der Waals surface area contributed by atoms with Crippen molar-refractivity contribution in [3.8, 4) is 0 Å². The zero-order valence-electron chi connectivity index (χ0n) is 16.8. The van der Waals surface area contributed by atoms with Gasteiger partial charge in [0.25, 0.3) is 5.91 Å². The lowest BCUT2D eigenvalue weighted by molar-refractivity contribution is 0.0949. The fourth-order valence-electron chi connectivity index (χ4n) is 2.98. The maximum absolute atomic E-state index is 12.3. The topological polar surface area (TPSA) is 62.5 Å². The SMILES string of the molecule is CCN(CC)c1ccc(C=NNC(=O)c2ccn(Cc3ccc(Cl)cc3Cl)n2)cc1. The molecular formula is C22H23Cl2N5O. The van der Waals surface area contributed by atoms with Crippen LogP contribution in [0.25, 0.3) is 0 Å². The van der Waals surface area contributed by atoms with Crippen molar-refractivity contribution in [1.29, 1.82) is 0 Å². The van der Waals surface area contributed by atoms with Crippen LogP contribution < -0.4 is 10.3 Å². The standard InChI is InChI=1S/C22H23Cl2N5O/c1-3-28(4-2)19-9-5-16(6-10-19)14-25-26-22(30)21-11-12-29(27-21)15-17-7-8-18(23)13-20(17)24/h5-14H,3-4,15H2,1-2H3,(H,26,30). The number of hydrogen-bond acceptors (Lipinski definition) is 4. The number of hydrazone groups is 1. The van der Waals surface area contributed by atoms with Gasteiger partial charge in [-0.05, 0) is 55.3 Å². The highest BCUT2D eigenvalue weighted by molar-refractivity contribution is 6.35. The predicted octanol–water partition coefficient (Wildman–Crippen LogP) is 4.85. The monoisotopic (exact) mass is 443 g/mol. The third kappa shape index (κ3) is 5.62. The minimum atomic E-state index is -0.382. The van der Waals surface area contributed by atoms with Gasteiger partial charge < -0.3 is 4.90 Å². The summed E-state index contributed by atoms with van der Waals surface area (Å²) >= 11 is 12.1. The van der Waals surface area contributed by atoms with Gasteiger partial charge in [-0.25, -0.2) is 5.43 Å². The van der Waals surface area contributed by atoms with Crippen LogP contribution in [0.3, 0.4) is 0 Å². The van der Waals surface area contributed by atoms with E-state index in [1.54, 1.807) is 35.3 Å². The van der Waals surface area contributed by atoms with Crippen molar-refractivity contribution < 1.29 is 4.79 Å². The van der Waals surface area contributed by atoms with Crippen molar-refractivity contribution in [1.82, 2.24) is 15.2 Å². The molecule has 0 aliphatic rings. The molecule has 3 rings (SSSR count). The number of nitrogens with one attached hydrogen (secondary N) is 1. The first-order valence-electron chi connectivity index (χ1n) is 9.66. The summed E-state index contributed by atoms with van der Waals surface area (Å²) < 4.78 is 1.64. The van der Waals surface area contributed by atoms with Crippen LogP contribution >= 0.6 is 23.2 Å². The average molecular weight is 444 g/mol. The van der Waals surface area contributed by atoms with Crippen molar-refractivity contribution >= 4 is 41.0 Å². The Morgan fingerprint density at radius 1 is 1.13 bits per heavy atom. The summed E-state index contributed by atoms with van der Waals surface area (Å²) in [6.07, 6.45) is 3.32. The summed E-state index contributed by atoms with van der Waals surface area (Å²) in [5, 5.41) is 9.43. The molecule has 0 aliphatic carbocycles. The Kier molecular flexibility index (Phi) is 7.49. The molecule has 0 atom stereocenters. The third-order valence-corrected chi connectivity index (χ3v) is 5.21. The molecule has 0 saturated heterocycles. The fraction of sp³-hybridized carbons (Fsp3) is 0.227. The van der Waals surface area contributed by atoms with E-state index in [1.165, 1.54) is 0 Å². The van der Waals surface area contributed by atoms with Crippen molar-refractivity contribution in [2.24, 2.45) is 5.10 Å². The highest BCUT2D eigenvalue weighted by Crippen LogP contribution is 2.21. The van der Waals surface area contributed by atoms with E-state index in [2.05, 4.69) is 34.4 Å². The number of carbonyl (C=O) groups is 1. The smallest absolute Gasteiger partial charge is 0.291 e. The first-order valence-corrected chi connectivity index (χ1v) is 10.4. The third-order valence-electron chi connectivity index (χ3n) is 4.62. The van der Waals surface area contributed by atoms with Crippen LogP contribution in [-0.2, 0) is 6.54 Å². The Hall–Kier alpha value is -2.83. The number of halogens is 2. The molecule has 1 amide bonds. The van der Waals surface area contributed by atoms with Crippen molar-refractivity contribution in [3.05, 3.63) is 81.6 Å². The van der Waals surface area contributed by atoms with Crippen LogP contribution in [0.1, 0.15) is 35.5 Å². The van der Waals surface area contributed by atoms with E-state index in [0.717, 1.165) is 29.9 Å². The number of carbonyl (C=O) groups excluding carboxylic acids is 1. The molecule has 0 bridgehead atoms. The molecule has 1 aromatic heterocycles. The molecule has 1 heterocycles. The molecule has 6 nitrogen and oxygen atoms in total. The van der Waals surface area contributed by atoms with Gasteiger partial charge in [0.1, 0.15) is 0 Å². The number of nitrogens with zero attached hydrogens (tertiary/aromatic N) is 4. The quantitative estimate of drug-likeness (QED) is 0.399. The van der Waals surface area contributed by atoms with Crippen LogP contribution in [0.5, 0.6) is 0 Å². The van der Waals surface area contributed by atoms with E-state index >= 15 is 0 Å². The lowest BCUT2D eigenvalue weighted by atomic mass is 10.2. The highest BCUT2D eigenvalue weighted by Gasteiger charge is 2.10. The maximum Gasteiger partial charge on any atom is 0.291 e. The normalized spacial score (nSPS) is 11.1. The second-order valence-corrected chi connectivity index (χ2v) is 7.44. The van der Waals surface area contributed by atoms with Crippen molar-refractivity contribution in [2.75, 3.05) is 18.0 Å². The van der Waals surface area contributed by atoms with E-state index in [9.17, 15) is 4.79 Å². The number of benzene rings is 2. The fourth-order valence-corrected chi connectivity index (χ4v) is 3.45. The molecule has 8 heteroatoms. The predicted molar refractivity (Wildman–Crippen MR) is 123 cm³/mol. The molecule has 0 saturated carbocycles. The zero-order valence-corrected chi connectivity index (χ0v) is 18.4. The molecule has 0 fully saturated rings. The highest BCUT2D eigenvalue weighted by atomic mass is 35.5. The second kappa shape index (κ2) is 10.3. The number of amides is 1. The van der Waals surface area contributed by atoms with E-state index in [-0.39, 0.29) is 11.6 Å². The summed E-state index contributed by atoms with van der Waals surface area (Å²) in [6.45, 7) is 6.60. The number of aromatic nitrogens is 2. The molecule has 3 aromatic rings. The Balaban J connectivity index is 1.57. The average Bonchev–Trinajstić information content (AvgIpc) is 3.21. The van der Waals surface area contributed by atoms with Crippen molar-refractivity contribution in [2.45, 2.75) is 20.4 Å². The maximum atomic E-state index is 12.3. The molecule has 2 aromatic carbocycles. The molecule has 0 radical (unpaired) electrons. The van der Waals surface area contributed by atoms with Gasteiger partial charge in [-0.1, -0.05) is 41.4 Å². The molecule has 0 spiro atoms. The largest absolute Gasteiger partial charge is 0.372 e. The Morgan fingerprint density at radius 3 is 2.53 bits per heavy atom. The van der Waals surface area contributed by atoms with Crippen LogP contribution in [0.2, 0.25) is 10.0 Å². The lowest BCUT2D eigenvalue weighted by Crippen LogP contribution is -2.21. The Morgan fingerprint density at radius 2 is 1.87 bits per heavy atom. The van der Waals surface area contributed by atoms with Gasteiger partial charge in [0.2, 0.25) is 0 Å². The van der Waals surface area contributed by atoms with Gasteiger partial charge in [0.15, 0.2) is 5.69 Å².